The number of rotatable bonds is 5. The Morgan fingerprint density at radius 2 is 2.00 bits per heavy atom. The summed E-state index contributed by atoms with van der Waals surface area (Å²) in [6, 6.07) is 6.46. The molecule has 0 unspecified atom stereocenters. The lowest BCUT2D eigenvalue weighted by Gasteiger charge is -2.09. The van der Waals surface area contributed by atoms with Crippen LogP contribution >= 0.6 is 0 Å². The fourth-order valence-electron chi connectivity index (χ4n) is 2.95. The van der Waals surface area contributed by atoms with Crippen molar-refractivity contribution in [3.8, 4) is 5.69 Å². The van der Waals surface area contributed by atoms with Crippen LogP contribution in [0.15, 0.2) is 28.8 Å². The van der Waals surface area contributed by atoms with Gasteiger partial charge in [0.25, 0.3) is 0 Å². The molecule has 26 heavy (non-hydrogen) atoms. The van der Waals surface area contributed by atoms with Crippen LogP contribution in [0.2, 0.25) is 0 Å². The van der Waals surface area contributed by atoms with Gasteiger partial charge < -0.3 is 9.84 Å². The van der Waals surface area contributed by atoms with Gasteiger partial charge >= 0.3 is 0 Å². The molecule has 7 heteroatoms. The maximum atomic E-state index is 14.5. The number of anilines is 1. The number of halogens is 1. The number of nitrogens with one attached hydrogen (secondary N) is 1. The van der Waals surface area contributed by atoms with E-state index < -0.39 is 5.82 Å². The van der Waals surface area contributed by atoms with Crippen LogP contribution in [0.3, 0.4) is 0 Å². The molecule has 0 spiro atoms. The minimum atomic E-state index is -0.445. The first-order chi connectivity index (χ1) is 12.3. The van der Waals surface area contributed by atoms with Crippen LogP contribution in [0, 0.1) is 33.5 Å². The molecule has 1 aromatic carbocycles. The molecule has 1 amide bonds. The molecular formula is C19H21FN4O2. The molecule has 3 rings (SSSR count). The summed E-state index contributed by atoms with van der Waals surface area (Å²) in [5, 5.41) is 10.9. The summed E-state index contributed by atoms with van der Waals surface area (Å²) in [6.45, 7) is 7.38. The van der Waals surface area contributed by atoms with Gasteiger partial charge in [-0.15, -0.1) is 0 Å². The standard InChI is InChI=1S/C19H21FN4O2/c1-11-9-12(2)24(22-11)18-7-5-15(10-17(18)20)21-19(25)8-6-16-13(3)23-26-14(16)4/h5,7,9-10H,6,8H2,1-4H3,(H,21,25). The molecule has 0 saturated carbocycles. The van der Waals surface area contributed by atoms with Gasteiger partial charge in [-0.2, -0.15) is 5.10 Å². The van der Waals surface area contributed by atoms with E-state index in [9.17, 15) is 9.18 Å². The Bertz CT molecular complexity index is 939. The van der Waals surface area contributed by atoms with Crippen molar-refractivity contribution in [3.05, 3.63) is 58.5 Å². The van der Waals surface area contributed by atoms with Crippen LogP contribution in [0.1, 0.15) is 34.8 Å². The third-order valence-corrected chi connectivity index (χ3v) is 4.25. The number of nitrogens with zero attached hydrogens (tertiary/aromatic N) is 3. The van der Waals surface area contributed by atoms with E-state index in [2.05, 4.69) is 15.6 Å². The van der Waals surface area contributed by atoms with Gasteiger partial charge in [-0.25, -0.2) is 9.07 Å². The monoisotopic (exact) mass is 356 g/mol. The predicted octanol–water partition coefficient (Wildman–Crippen LogP) is 3.80. The van der Waals surface area contributed by atoms with Crippen LogP contribution in [0.25, 0.3) is 5.69 Å². The van der Waals surface area contributed by atoms with Crippen molar-refractivity contribution in [2.75, 3.05) is 5.32 Å². The zero-order chi connectivity index (χ0) is 18.8. The maximum absolute atomic E-state index is 14.5. The average Bonchev–Trinajstić information content (AvgIpc) is 3.07. The van der Waals surface area contributed by atoms with E-state index in [0.717, 1.165) is 28.4 Å². The van der Waals surface area contributed by atoms with Gasteiger partial charge in [0.15, 0.2) is 5.82 Å². The second-order valence-corrected chi connectivity index (χ2v) is 6.36. The molecule has 2 heterocycles. The molecule has 0 fully saturated rings. The number of hydrogen-bond acceptors (Lipinski definition) is 4. The lowest BCUT2D eigenvalue weighted by atomic mass is 10.1. The number of aryl methyl sites for hydroxylation is 4. The molecule has 0 radical (unpaired) electrons. The summed E-state index contributed by atoms with van der Waals surface area (Å²) >= 11 is 0. The highest BCUT2D eigenvalue weighted by Gasteiger charge is 2.13. The van der Waals surface area contributed by atoms with E-state index in [-0.39, 0.29) is 12.3 Å². The molecule has 136 valence electrons. The molecule has 0 aliphatic carbocycles. The minimum absolute atomic E-state index is 0.191. The van der Waals surface area contributed by atoms with Crippen molar-refractivity contribution in [2.24, 2.45) is 0 Å². The first-order valence-electron chi connectivity index (χ1n) is 8.40. The molecule has 3 aromatic rings. The molecule has 1 N–H and O–H groups in total. The first-order valence-corrected chi connectivity index (χ1v) is 8.40. The largest absolute Gasteiger partial charge is 0.361 e. The summed E-state index contributed by atoms with van der Waals surface area (Å²) in [7, 11) is 0. The first kappa shape index (κ1) is 17.8. The van der Waals surface area contributed by atoms with E-state index in [4.69, 9.17) is 4.52 Å². The minimum Gasteiger partial charge on any atom is -0.361 e. The zero-order valence-electron chi connectivity index (χ0n) is 15.3. The smallest absolute Gasteiger partial charge is 0.224 e. The molecular weight excluding hydrogens is 335 g/mol. The quantitative estimate of drug-likeness (QED) is 0.754. The molecule has 0 bridgehead atoms. The lowest BCUT2D eigenvalue weighted by molar-refractivity contribution is -0.116. The second-order valence-electron chi connectivity index (χ2n) is 6.36. The number of amides is 1. The fraction of sp³-hybridized carbons (Fsp3) is 0.316. The SMILES string of the molecule is Cc1cc(C)n(-c2ccc(NC(=O)CCc3c(C)noc3C)cc2F)n1. The van der Waals surface area contributed by atoms with Crippen molar-refractivity contribution in [3.63, 3.8) is 0 Å². The van der Waals surface area contributed by atoms with Crippen molar-refractivity contribution >= 4 is 11.6 Å². The van der Waals surface area contributed by atoms with E-state index in [1.807, 2.05) is 33.8 Å². The molecule has 0 saturated heterocycles. The van der Waals surface area contributed by atoms with Crippen molar-refractivity contribution < 1.29 is 13.7 Å². The molecule has 0 aliphatic rings. The number of benzene rings is 1. The average molecular weight is 356 g/mol. The predicted molar refractivity (Wildman–Crippen MR) is 95.9 cm³/mol. The van der Waals surface area contributed by atoms with Gasteiger partial charge in [0.2, 0.25) is 5.91 Å². The normalized spacial score (nSPS) is 11.0. The highest BCUT2D eigenvalue weighted by atomic mass is 19.1. The van der Waals surface area contributed by atoms with Gasteiger partial charge in [-0.3, -0.25) is 4.79 Å². The van der Waals surface area contributed by atoms with Gasteiger partial charge in [-0.05, 0) is 58.4 Å². The molecule has 2 aromatic heterocycles. The number of hydrogen-bond donors (Lipinski definition) is 1. The van der Waals surface area contributed by atoms with Crippen LogP contribution in [0.5, 0.6) is 0 Å². The third kappa shape index (κ3) is 3.66. The summed E-state index contributed by atoms with van der Waals surface area (Å²) in [6.07, 6.45) is 0.795. The van der Waals surface area contributed by atoms with Crippen LogP contribution in [-0.4, -0.2) is 20.8 Å². The Hall–Kier alpha value is -2.96. The van der Waals surface area contributed by atoms with Crippen LogP contribution in [-0.2, 0) is 11.2 Å². The van der Waals surface area contributed by atoms with E-state index in [0.29, 0.717) is 17.8 Å². The van der Waals surface area contributed by atoms with Crippen molar-refractivity contribution in [2.45, 2.75) is 40.5 Å². The van der Waals surface area contributed by atoms with Gasteiger partial charge in [0.1, 0.15) is 11.4 Å². The van der Waals surface area contributed by atoms with E-state index >= 15 is 0 Å². The van der Waals surface area contributed by atoms with E-state index in [1.54, 1.807) is 16.8 Å². The summed E-state index contributed by atoms with van der Waals surface area (Å²) in [5.74, 6) is 0.0820. The van der Waals surface area contributed by atoms with Crippen LogP contribution < -0.4 is 5.32 Å². The Labute approximate surface area is 151 Å². The van der Waals surface area contributed by atoms with Crippen molar-refractivity contribution in [1.82, 2.24) is 14.9 Å². The summed E-state index contributed by atoms with van der Waals surface area (Å²) in [4.78, 5) is 12.2. The molecule has 0 aliphatic heterocycles. The summed E-state index contributed by atoms with van der Waals surface area (Å²) < 4.78 is 21.1. The van der Waals surface area contributed by atoms with E-state index in [1.165, 1.54) is 6.07 Å². The maximum Gasteiger partial charge on any atom is 0.224 e. The number of aromatic nitrogens is 3. The van der Waals surface area contributed by atoms with Gasteiger partial charge in [0, 0.05) is 23.4 Å². The van der Waals surface area contributed by atoms with Crippen molar-refractivity contribution in [1.29, 1.82) is 0 Å². The topological polar surface area (TPSA) is 73.0 Å². The second kappa shape index (κ2) is 7.11. The van der Waals surface area contributed by atoms with Gasteiger partial charge in [0.05, 0.1) is 11.4 Å². The Kier molecular flexibility index (Phi) is 4.88. The Morgan fingerprint density at radius 3 is 2.58 bits per heavy atom. The number of carbonyl (C=O) groups excluding carboxylic acids is 1. The molecule has 0 atom stereocenters. The fourth-order valence-corrected chi connectivity index (χ4v) is 2.95. The highest BCUT2D eigenvalue weighted by molar-refractivity contribution is 5.91. The Morgan fingerprint density at radius 1 is 1.23 bits per heavy atom. The zero-order valence-corrected chi connectivity index (χ0v) is 15.3. The molecule has 6 nitrogen and oxygen atoms in total. The summed E-state index contributed by atoms with van der Waals surface area (Å²) in [5.41, 5.74) is 4.15. The highest BCUT2D eigenvalue weighted by Crippen LogP contribution is 2.20. The lowest BCUT2D eigenvalue weighted by Crippen LogP contribution is -2.13. The Balaban J connectivity index is 1.68. The third-order valence-electron chi connectivity index (χ3n) is 4.25. The van der Waals surface area contributed by atoms with Crippen LogP contribution in [0.4, 0.5) is 10.1 Å². The number of carbonyl (C=O) groups is 1. The van der Waals surface area contributed by atoms with Gasteiger partial charge in [-0.1, -0.05) is 5.16 Å².